The minimum Gasteiger partial charge on any atom is -0.207 e. The summed E-state index contributed by atoms with van der Waals surface area (Å²) in [5.74, 6) is -1.04. The summed E-state index contributed by atoms with van der Waals surface area (Å²) in [6, 6.07) is 4.04. The largest absolute Gasteiger partial charge is 0.302 e. The van der Waals surface area contributed by atoms with Crippen LogP contribution in [0.2, 0.25) is 0 Å². The smallest absolute Gasteiger partial charge is 0.207 e. The molecule has 0 heterocycles. The lowest BCUT2D eigenvalue weighted by molar-refractivity contribution is 0.551. The molecule has 78 valence electrons. The van der Waals surface area contributed by atoms with Crippen molar-refractivity contribution in [2.75, 3.05) is 5.75 Å². The molecule has 0 saturated carbocycles. The molecule has 0 N–H and O–H groups in total. The summed E-state index contributed by atoms with van der Waals surface area (Å²) in [5, 5.41) is 0. The first-order chi connectivity index (χ1) is 6.38. The molecule has 0 spiro atoms. The zero-order valence-electron chi connectivity index (χ0n) is 7.63. The van der Waals surface area contributed by atoms with E-state index in [9.17, 15) is 16.7 Å². The van der Waals surface area contributed by atoms with Crippen molar-refractivity contribution in [3.63, 3.8) is 0 Å². The van der Waals surface area contributed by atoms with Crippen LogP contribution in [-0.2, 0) is 16.6 Å². The fourth-order valence-electron chi connectivity index (χ4n) is 1.14. The van der Waals surface area contributed by atoms with Gasteiger partial charge in [-0.25, -0.2) is 4.39 Å². The maximum atomic E-state index is 12.7. The highest BCUT2D eigenvalue weighted by molar-refractivity contribution is 7.86. The van der Waals surface area contributed by atoms with Crippen LogP contribution in [0.4, 0.5) is 8.28 Å². The summed E-state index contributed by atoms with van der Waals surface area (Å²) in [5.41, 5.74) is 1.28. The Bertz CT molecular complexity index is 426. The van der Waals surface area contributed by atoms with Crippen LogP contribution in [0.3, 0.4) is 0 Å². The van der Waals surface area contributed by atoms with Crippen molar-refractivity contribution in [1.29, 1.82) is 0 Å². The molecule has 14 heavy (non-hydrogen) atoms. The van der Waals surface area contributed by atoms with Crippen molar-refractivity contribution in [3.05, 3.63) is 35.1 Å². The van der Waals surface area contributed by atoms with E-state index >= 15 is 0 Å². The van der Waals surface area contributed by atoms with Gasteiger partial charge in [0.2, 0.25) is 0 Å². The van der Waals surface area contributed by atoms with Gasteiger partial charge in [0, 0.05) is 0 Å². The molecule has 0 saturated heterocycles. The van der Waals surface area contributed by atoms with E-state index in [1.165, 1.54) is 18.2 Å². The Balaban J connectivity index is 2.81. The third kappa shape index (κ3) is 3.41. The third-order valence-electron chi connectivity index (χ3n) is 1.93. The number of halogens is 2. The van der Waals surface area contributed by atoms with Crippen LogP contribution in [0.25, 0.3) is 0 Å². The molecule has 1 aromatic carbocycles. The van der Waals surface area contributed by atoms with Gasteiger partial charge in [-0.3, -0.25) is 0 Å². The topological polar surface area (TPSA) is 34.1 Å². The molecule has 0 atom stereocenters. The van der Waals surface area contributed by atoms with Crippen molar-refractivity contribution >= 4 is 10.2 Å². The Morgan fingerprint density at radius 3 is 2.57 bits per heavy atom. The van der Waals surface area contributed by atoms with E-state index < -0.39 is 21.8 Å². The second-order valence-electron chi connectivity index (χ2n) is 3.06. The predicted molar refractivity (Wildman–Crippen MR) is 49.7 cm³/mol. The second-order valence-corrected chi connectivity index (χ2v) is 4.55. The molecule has 0 aliphatic carbocycles. The van der Waals surface area contributed by atoms with Crippen LogP contribution in [0.1, 0.15) is 11.1 Å². The van der Waals surface area contributed by atoms with E-state index in [-0.39, 0.29) is 6.42 Å². The van der Waals surface area contributed by atoms with Crippen molar-refractivity contribution in [2.24, 2.45) is 0 Å². The van der Waals surface area contributed by atoms with Gasteiger partial charge in [-0.05, 0) is 36.6 Å². The quantitative estimate of drug-likeness (QED) is 0.730. The lowest BCUT2D eigenvalue weighted by Crippen LogP contribution is -2.03. The first-order valence-electron chi connectivity index (χ1n) is 4.06. The van der Waals surface area contributed by atoms with Crippen molar-refractivity contribution in [3.8, 4) is 0 Å². The molecular weight excluding hydrogens is 210 g/mol. The molecule has 0 unspecified atom stereocenters. The minimum atomic E-state index is -4.47. The van der Waals surface area contributed by atoms with Gasteiger partial charge in [0.15, 0.2) is 0 Å². The van der Waals surface area contributed by atoms with Crippen molar-refractivity contribution in [1.82, 2.24) is 0 Å². The van der Waals surface area contributed by atoms with Crippen molar-refractivity contribution < 1.29 is 16.7 Å². The zero-order chi connectivity index (χ0) is 10.8. The van der Waals surface area contributed by atoms with Crippen molar-refractivity contribution in [2.45, 2.75) is 13.3 Å². The van der Waals surface area contributed by atoms with E-state index in [1.807, 2.05) is 0 Å². The summed E-state index contributed by atoms with van der Waals surface area (Å²) < 4.78 is 45.4. The summed E-state index contributed by atoms with van der Waals surface area (Å²) in [6.07, 6.45) is 0.00241. The van der Waals surface area contributed by atoms with E-state index in [1.54, 1.807) is 6.92 Å². The van der Waals surface area contributed by atoms with Crippen LogP contribution in [-0.4, -0.2) is 14.2 Å². The molecule has 0 aromatic heterocycles. The van der Waals surface area contributed by atoms with Gasteiger partial charge < -0.3 is 0 Å². The summed E-state index contributed by atoms with van der Waals surface area (Å²) in [4.78, 5) is 0. The second kappa shape index (κ2) is 4.04. The fraction of sp³-hybridized carbons (Fsp3) is 0.333. The lowest BCUT2D eigenvalue weighted by Gasteiger charge is -2.03. The van der Waals surface area contributed by atoms with Gasteiger partial charge in [0.25, 0.3) is 0 Å². The van der Waals surface area contributed by atoms with E-state index in [4.69, 9.17) is 0 Å². The molecule has 0 aliphatic heterocycles. The van der Waals surface area contributed by atoms with Crippen LogP contribution in [0.5, 0.6) is 0 Å². The van der Waals surface area contributed by atoms with Gasteiger partial charge in [-0.2, -0.15) is 8.42 Å². The molecule has 0 bridgehead atoms. The lowest BCUT2D eigenvalue weighted by atomic mass is 10.1. The SMILES string of the molecule is Cc1ccc(F)cc1CCS(=O)(=O)F. The van der Waals surface area contributed by atoms with Gasteiger partial charge >= 0.3 is 10.2 Å². The molecule has 0 fully saturated rings. The average molecular weight is 220 g/mol. The number of hydrogen-bond acceptors (Lipinski definition) is 2. The van der Waals surface area contributed by atoms with Crippen LogP contribution < -0.4 is 0 Å². The normalized spacial score (nSPS) is 11.6. The minimum absolute atomic E-state index is 0.00241. The third-order valence-corrected chi connectivity index (χ3v) is 2.62. The van der Waals surface area contributed by atoms with E-state index in [0.717, 1.165) is 5.56 Å². The maximum absolute atomic E-state index is 12.7. The average Bonchev–Trinajstić information content (AvgIpc) is 2.05. The molecular formula is C9H10F2O2S. The number of rotatable bonds is 3. The Kier molecular flexibility index (Phi) is 3.21. The maximum Gasteiger partial charge on any atom is 0.302 e. The Morgan fingerprint density at radius 1 is 1.36 bits per heavy atom. The van der Waals surface area contributed by atoms with Gasteiger partial charge in [-0.15, -0.1) is 3.89 Å². The first kappa shape index (κ1) is 11.1. The molecule has 0 amide bonds. The van der Waals surface area contributed by atoms with Gasteiger partial charge in [-0.1, -0.05) is 6.07 Å². The zero-order valence-corrected chi connectivity index (χ0v) is 8.44. The molecule has 0 radical (unpaired) electrons. The van der Waals surface area contributed by atoms with Gasteiger partial charge in [0.05, 0.1) is 5.75 Å². The van der Waals surface area contributed by atoms with Gasteiger partial charge in [0.1, 0.15) is 5.82 Å². The Labute approximate surface area is 81.8 Å². The van der Waals surface area contributed by atoms with Crippen LogP contribution in [0, 0.1) is 12.7 Å². The molecule has 2 nitrogen and oxygen atoms in total. The fourth-order valence-corrected chi connectivity index (χ4v) is 1.60. The van der Waals surface area contributed by atoms with Crippen LogP contribution in [0.15, 0.2) is 18.2 Å². The standard InChI is InChI=1S/C9H10F2O2S/c1-7-2-3-9(10)6-8(7)4-5-14(11,12)13/h2-3,6H,4-5H2,1H3. The molecule has 1 aromatic rings. The van der Waals surface area contributed by atoms with E-state index in [2.05, 4.69) is 0 Å². The summed E-state index contributed by atoms with van der Waals surface area (Å²) in [7, 11) is -4.47. The summed E-state index contributed by atoms with van der Waals surface area (Å²) >= 11 is 0. The Hall–Kier alpha value is -0.970. The van der Waals surface area contributed by atoms with Crippen LogP contribution >= 0.6 is 0 Å². The monoisotopic (exact) mass is 220 g/mol. The van der Waals surface area contributed by atoms with E-state index in [0.29, 0.717) is 5.56 Å². The Morgan fingerprint density at radius 2 is 2.00 bits per heavy atom. The highest BCUT2D eigenvalue weighted by atomic mass is 32.3. The number of hydrogen-bond donors (Lipinski definition) is 0. The molecule has 0 aliphatic rings. The molecule has 1 rings (SSSR count). The summed E-state index contributed by atoms with van der Waals surface area (Å²) in [6.45, 7) is 1.72. The first-order valence-corrected chi connectivity index (χ1v) is 5.61. The number of benzene rings is 1. The number of aryl methyl sites for hydroxylation is 2. The highest BCUT2D eigenvalue weighted by Gasteiger charge is 2.09. The highest BCUT2D eigenvalue weighted by Crippen LogP contribution is 2.12. The molecule has 5 heteroatoms. The predicted octanol–water partition coefficient (Wildman–Crippen LogP) is 1.98.